The van der Waals surface area contributed by atoms with Crippen LogP contribution in [0.2, 0.25) is 0 Å². The summed E-state index contributed by atoms with van der Waals surface area (Å²) in [6, 6.07) is 3.37. The van der Waals surface area contributed by atoms with Gasteiger partial charge in [-0.2, -0.15) is 18.2 Å². The molecule has 1 aromatic heterocycles. The van der Waals surface area contributed by atoms with Gasteiger partial charge in [-0.1, -0.05) is 21.1 Å². The molecule has 90 valence electrons. The van der Waals surface area contributed by atoms with Crippen molar-refractivity contribution in [2.45, 2.75) is 6.18 Å². The van der Waals surface area contributed by atoms with Gasteiger partial charge in [0.1, 0.15) is 0 Å². The first kappa shape index (κ1) is 11.9. The van der Waals surface area contributed by atoms with E-state index in [9.17, 15) is 13.2 Å². The maximum atomic E-state index is 12.8. The largest absolute Gasteiger partial charge is 0.417 e. The molecule has 2 N–H and O–H groups in total. The lowest BCUT2D eigenvalue weighted by Gasteiger charge is -2.10. The Labute approximate surface area is 102 Å². The Bertz CT molecular complexity index is 553. The predicted octanol–water partition coefficient (Wildman–Crippen LogP) is 3.10. The van der Waals surface area contributed by atoms with Crippen molar-refractivity contribution >= 4 is 21.9 Å². The topological polar surface area (TPSA) is 64.9 Å². The van der Waals surface area contributed by atoms with Gasteiger partial charge in [0.2, 0.25) is 5.82 Å². The number of hydrogen-bond acceptors (Lipinski definition) is 4. The number of rotatable bonds is 1. The molecule has 2 aromatic rings. The summed E-state index contributed by atoms with van der Waals surface area (Å²) < 4.78 is 43.1. The summed E-state index contributed by atoms with van der Waals surface area (Å²) in [6.45, 7) is 0. The second kappa shape index (κ2) is 4.02. The molecule has 0 bridgehead atoms. The zero-order chi connectivity index (χ0) is 12.6. The molecule has 2 rings (SSSR count). The monoisotopic (exact) mass is 307 g/mol. The van der Waals surface area contributed by atoms with Crippen LogP contribution in [-0.2, 0) is 6.18 Å². The molecule has 0 aliphatic heterocycles. The highest BCUT2D eigenvalue weighted by Gasteiger charge is 2.35. The number of alkyl halides is 3. The van der Waals surface area contributed by atoms with E-state index >= 15 is 0 Å². The summed E-state index contributed by atoms with van der Waals surface area (Å²) in [7, 11) is 0. The standard InChI is InChI=1S/C9H5BrF3N3O/c10-4-1-2-5(6(3-4)9(11,12)13)7-15-8(14)17-16-7/h1-3H,(H2,14,15,16). The van der Waals surface area contributed by atoms with E-state index < -0.39 is 11.7 Å². The first-order valence-corrected chi connectivity index (χ1v) is 5.13. The van der Waals surface area contributed by atoms with Gasteiger partial charge in [-0.15, -0.1) is 0 Å². The van der Waals surface area contributed by atoms with E-state index in [0.29, 0.717) is 4.47 Å². The lowest BCUT2D eigenvalue weighted by Crippen LogP contribution is -2.07. The van der Waals surface area contributed by atoms with Gasteiger partial charge in [-0.25, -0.2) is 0 Å². The van der Waals surface area contributed by atoms with E-state index in [2.05, 4.69) is 30.6 Å². The number of hydrogen-bond donors (Lipinski definition) is 1. The molecule has 4 nitrogen and oxygen atoms in total. The predicted molar refractivity (Wildman–Crippen MR) is 56.8 cm³/mol. The fourth-order valence-electron chi connectivity index (χ4n) is 1.29. The van der Waals surface area contributed by atoms with Gasteiger partial charge in [0, 0.05) is 10.0 Å². The van der Waals surface area contributed by atoms with Crippen molar-refractivity contribution in [2.75, 3.05) is 5.73 Å². The van der Waals surface area contributed by atoms with Crippen LogP contribution in [0.1, 0.15) is 5.56 Å². The van der Waals surface area contributed by atoms with Gasteiger partial charge in [-0.05, 0) is 18.2 Å². The highest BCUT2D eigenvalue weighted by molar-refractivity contribution is 9.10. The maximum absolute atomic E-state index is 12.8. The van der Waals surface area contributed by atoms with E-state index in [4.69, 9.17) is 5.73 Å². The van der Waals surface area contributed by atoms with Gasteiger partial charge in [0.05, 0.1) is 5.56 Å². The summed E-state index contributed by atoms with van der Waals surface area (Å²) in [6.07, 6.45) is -4.51. The zero-order valence-corrected chi connectivity index (χ0v) is 9.71. The molecule has 0 aliphatic carbocycles. The Morgan fingerprint density at radius 1 is 1.29 bits per heavy atom. The molecule has 0 spiro atoms. The second-order valence-corrected chi connectivity index (χ2v) is 4.06. The number of nitrogen functional groups attached to an aromatic ring is 1. The van der Waals surface area contributed by atoms with Gasteiger partial charge in [-0.3, -0.25) is 0 Å². The van der Waals surface area contributed by atoms with Gasteiger partial charge < -0.3 is 10.3 Å². The van der Waals surface area contributed by atoms with E-state index in [1.165, 1.54) is 12.1 Å². The summed E-state index contributed by atoms with van der Waals surface area (Å²) in [4.78, 5) is 3.57. The van der Waals surface area contributed by atoms with E-state index in [1.807, 2.05) is 0 Å². The molecule has 17 heavy (non-hydrogen) atoms. The molecule has 0 fully saturated rings. The Hall–Kier alpha value is -1.57. The molecule has 0 unspecified atom stereocenters. The summed E-state index contributed by atoms with van der Waals surface area (Å²) >= 11 is 2.98. The number of benzene rings is 1. The molecule has 0 atom stereocenters. The summed E-state index contributed by atoms with van der Waals surface area (Å²) in [5, 5.41) is 3.36. The molecule has 1 aromatic carbocycles. The first-order chi connectivity index (χ1) is 7.88. The van der Waals surface area contributed by atoms with Crippen molar-refractivity contribution in [1.29, 1.82) is 0 Å². The normalized spacial score (nSPS) is 11.8. The minimum Gasteiger partial charge on any atom is -0.351 e. The van der Waals surface area contributed by atoms with Gasteiger partial charge >= 0.3 is 12.2 Å². The van der Waals surface area contributed by atoms with Crippen LogP contribution < -0.4 is 5.73 Å². The number of nitrogens with two attached hydrogens (primary N) is 1. The van der Waals surface area contributed by atoms with Crippen molar-refractivity contribution in [1.82, 2.24) is 10.1 Å². The third-order valence-corrected chi connectivity index (χ3v) is 2.46. The molecular weight excluding hydrogens is 303 g/mol. The molecule has 0 saturated heterocycles. The molecule has 0 aliphatic rings. The number of halogens is 4. The van der Waals surface area contributed by atoms with Crippen LogP contribution in [0.4, 0.5) is 19.2 Å². The molecule has 8 heteroatoms. The van der Waals surface area contributed by atoms with Crippen molar-refractivity contribution in [3.63, 3.8) is 0 Å². The Morgan fingerprint density at radius 3 is 2.53 bits per heavy atom. The Morgan fingerprint density at radius 2 is 2.00 bits per heavy atom. The molecule has 0 radical (unpaired) electrons. The van der Waals surface area contributed by atoms with Crippen molar-refractivity contribution in [3.8, 4) is 11.4 Å². The SMILES string of the molecule is Nc1nc(-c2ccc(Br)cc2C(F)(F)F)no1. The minimum absolute atomic E-state index is 0.179. The Kier molecular flexibility index (Phi) is 2.82. The Balaban J connectivity index is 2.61. The van der Waals surface area contributed by atoms with Gasteiger partial charge in [0.15, 0.2) is 0 Å². The zero-order valence-electron chi connectivity index (χ0n) is 8.12. The molecule has 0 amide bonds. The summed E-state index contributed by atoms with van der Waals surface area (Å²) in [5.41, 5.74) is 4.14. The minimum atomic E-state index is -4.51. The van der Waals surface area contributed by atoms with Crippen LogP contribution in [0.5, 0.6) is 0 Å². The van der Waals surface area contributed by atoms with E-state index in [0.717, 1.165) is 6.07 Å². The van der Waals surface area contributed by atoms with Crippen LogP contribution in [-0.4, -0.2) is 10.1 Å². The van der Waals surface area contributed by atoms with Crippen LogP contribution >= 0.6 is 15.9 Å². The summed E-state index contributed by atoms with van der Waals surface area (Å²) in [5.74, 6) is -0.192. The lowest BCUT2D eigenvalue weighted by molar-refractivity contribution is -0.137. The van der Waals surface area contributed by atoms with Crippen molar-refractivity contribution in [2.24, 2.45) is 0 Å². The number of anilines is 1. The maximum Gasteiger partial charge on any atom is 0.417 e. The fraction of sp³-hybridized carbons (Fsp3) is 0.111. The lowest BCUT2D eigenvalue weighted by atomic mass is 10.1. The van der Waals surface area contributed by atoms with E-state index in [-0.39, 0.29) is 17.4 Å². The van der Waals surface area contributed by atoms with Crippen molar-refractivity contribution < 1.29 is 17.7 Å². The smallest absolute Gasteiger partial charge is 0.351 e. The quantitative estimate of drug-likeness (QED) is 0.879. The van der Waals surface area contributed by atoms with Crippen LogP contribution in [0.3, 0.4) is 0 Å². The van der Waals surface area contributed by atoms with Crippen LogP contribution in [0, 0.1) is 0 Å². The number of nitrogens with zero attached hydrogens (tertiary/aromatic N) is 2. The average Bonchev–Trinajstić information content (AvgIpc) is 2.63. The number of aromatic nitrogens is 2. The van der Waals surface area contributed by atoms with Gasteiger partial charge in [0.25, 0.3) is 0 Å². The highest BCUT2D eigenvalue weighted by atomic mass is 79.9. The fourth-order valence-corrected chi connectivity index (χ4v) is 1.65. The third-order valence-electron chi connectivity index (χ3n) is 1.97. The van der Waals surface area contributed by atoms with Crippen molar-refractivity contribution in [3.05, 3.63) is 28.2 Å². The van der Waals surface area contributed by atoms with Crippen LogP contribution in [0.15, 0.2) is 27.2 Å². The molecule has 1 heterocycles. The second-order valence-electron chi connectivity index (χ2n) is 3.14. The first-order valence-electron chi connectivity index (χ1n) is 4.34. The van der Waals surface area contributed by atoms with Crippen LogP contribution in [0.25, 0.3) is 11.4 Å². The third kappa shape index (κ3) is 2.41. The average molecular weight is 308 g/mol. The molecular formula is C9H5BrF3N3O. The highest BCUT2D eigenvalue weighted by Crippen LogP contribution is 2.37. The molecule has 0 saturated carbocycles. The van der Waals surface area contributed by atoms with E-state index in [1.54, 1.807) is 0 Å².